The minimum atomic E-state index is -3.44. The predicted octanol–water partition coefficient (Wildman–Crippen LogP) is 2.13. The van der Waals surface area contributed by atoms with Crippen LogP contribution in [-0.4, -0.2) is 63.1 Å². The van der Waals surface area contributed by atoms with Crippen molar-refractivity contribution < 1.29 is 13.2 Å². The van der Waals surface area contributed by atoms with Crippen LogP contribution in [0.5, 0.6) is 0 Å². The van der Waals surface area contributed by atoms with Gasteiger partial charge in [-0.15, -0.1) is 11.3 Å². The van der Waals surface area contributed by atoms with Crippen LogP contribution in [0.2, 0.25) is 4.34 Å². The number of ether oxygens (including phenoxy) is 1. The molecule has 0 spiro atoms. The Balaban J connectivity index is 2.13. The van der Waals surface area contributed by atoms with Crippen molar-refractivity contribution in [2.45, 2.75) is 30.1 Å². The van der Waals surface area contributed by atoms with E-state index < -0.39 is 10.0 Å². The van der Waals surface area contributed by atoms with Crippen molar-refractivity contribution in [1.82, 2.24) is 9.21 Å². The highest BCUT2D eigenvalue weighted by Crippen LogP contribution is 2.30. The molecular formula is C13H21ClN2O3S2. The minimum Gasteiger partial charge on any atom is -0.383 e. The van der Waals surface area contributed by atoms with Gasteiger partial charge in [0.2, 0.25) is 0 Å². The van der Waals surface area contributed by atoms with E-state index in [0.29, 0.717) is 28.2 Å². The first-order valence-electron chi connectivity index (χ1n) is 6.86. The van der Waals surface area contributed by atoms with Crippen LogP contribution in [0.1, 0.15) is 13.8 Å². The van der Waals surface area contributed by atoms with E-state index in [-0.39, 0.29) is 12.1 Å². The van der Waals surface area contributed by atoms with Crippen molar-refractivity contribution in [3.8, 4) is 0 Å². The molecule has 0 saturated carbocycles. The van der Waals surface area contributed by atoms with Crippen LogP contribution >= 0.6 is 22.9 Å². The van der Waals surface area contributed by atoms with E-state index in [1.165, 1.54) is 0 Å². The number of nitrogens with zero attached hydrogens (tertiary/aromatic N) is 2. The zero-order chi connectivity index (χ0) is 15.6. The van der Waals surface area contributed by atoms with Crippen molar-refractivity contribution >= 4 is 33.0 Å². The maximum absolute atomic E-state index is 12.6. The summed E-state index contributed by atoms with van der Waals surface area (Å²) in [6.07, 6.45) is 0. The fraction of sp³-hybridized carbons (Fsp3) is 0.692. The second kappa shape index (κ2) is 6.93. The summed E-state index contributed by atoms with van der Waals surface area (Å²) in [5.41, 5.74) is 0. The van der Waals surface area contributed by atoms with E-state index in [1.807, 2.05) is 0 Å². The molecule has 1 aliphatic rings. The summed E-state index contributed by atoms with van der Waals surface area (Å²) in [7, 11) is -1.76. The van der Waals surface area contributed by atoms with Crippen LogP contribution in [0, 0.1) is 0 Å². The molecule has 0 aromatic carbocycles. The Morgan fingerprint density at radius 3 is 2.43 bits per heavy atom. The van der Waals surface area contributed by atoms with Crippen molar-refractivity contribution in [3.05, 3.63) is 16.5 Å². The largest absolute Gasteiger partial charge is 0.383 e. The van der Waals surface area contributed by atoms with Crippen molar-refractivity contribution in [3.63, 3.8) is 0 Å². The second-order valence-corrected chi connectivity index (χ2v) is 9.19. The van der Waals surface area contributed by atoms with Crippen LogP contribution in [0.25, 0.3) is 0 Å². The van der Waals surface area contributed by atoms with Crippen LogP contribution in [-0.2, 0) is 14.8 Å². The number of thiophene rings is 1. The number of rotatable bonds is 5. The van der Waals surface area contributed by atoms with Gasteiger partial charge in [0, 0.05) is 38.8 Å². The molecule has 1 aromatic heterocycles. The van der Waals surface area contributed by atoms with Crippen molar-refractivity contribution in [1.29, 1.82) is 0 Å². The van der Waals surface area contributed by atoms with E-state index in [2.05, 4.69) is 18.7 Å². The zero-order valence-corrected chi connectivity index (χ0v) is 14.8. The van der Waals surface area contributed by atoms with Gasteiger partial charge >= 0.3 is 0 Å². The van der Waals surface area contributed by atoms with Crippen LogP contribution in [0.15, 0.2) is 16.3 Å². The lowest BCUT2D eigenvalue weighted by atomic mass is 10.1. The highest BCUT2D eigenvalue weighted by atomic mass is 35.5. The molecule has 0 radical (unpaired) electrons. The lowest BCUT2D eigenvalue weighted by Gasteiger charge is -2.43. The zero-order valence-electron chi connectivity index (χ0n) is 12.5. The fourth-order valence-electron chi connectivity index (χ4n) is 2.71. The molecule has 1 aliphatic heterocycles. The molecule has 1 fully saturated rings. The molecule has 2 rings (SSSR count). The normalized spacial score (nSPS) is 25.3. The minimum absolute atomic E-state index is 0.161. The van der Waals surface area contributed by atoms with Gasteiger partial charge in [-0.2, -0.15) is 4.31 Å². The van der Waals surface area contributed by atoms with Gasteiger partial charge in [0.05, 0.1) is 10.9 Å². The monoisotopic (exact) mass is 352 g/mol. The summed E-state index contributed by atoms with van der Waals surface area (Å²) in [5, 5.41) is 0. The molecule has 2 unspecified atom stereocenters. The first-order valence-corrected chi connectivity index (χ1v) is 9.50. The van der Waals surface area contributed by atoms with Gasteiger partial charge in [-0.1, -0.05) is 11.6 Å². The second-order valence-electron chi connectivity index (χ2n) is 5.31. The number of methoxy groups -OCH3 is 1. The van der Waals surface area contributed by atoms with Crippen molar-refractivity contribution in [2.24, 2.45) is 0 Å². The maximum atomic E-state index is 12.6. The first kappa shape index (κ1) is 17.2. The number of hydrogen-bond acceptors (Lipinski definition) is 5. The quantitative estimate of drug-likeness (QED) is 0.814. The average molecular weight is 353 g/mol. The van der Waals surface area contributed by atoms with Gasteiger partial charge in [-0.25, -0.2) is 8.42 Å². The Morgan fingerprint density at radius 1 is 1.33 bits per heavy atom. The Kier molecular flexibility index (Phi) is 5.67. The predicted molar refractivity (Wildman–Crippen MR) is 85.6 cm³/mol. The third kappa shape index (κ3) is 3.78. The molecule has 2 atom stereocenters. The fourth-order valence-corrected chi connectivity index (χ4v) is 5.94. The molecule has 1 saturated heterocycles. The summed E-state index contributed by atoms with van der Waals surface area (Å²) in [4.78, 5) is 2.29. The molecule has 8 heteroatoms. The molecular weight excluding hydrogens is 332 g/mol. The van der Waals surface area contributed by atoms with Gasteiger partial charge in [-0.3, -0.25) is 4.90 Å². The molecule has 0 bridgehead atoms. The maximum Gasteiger partial charge on any atom is 0.252 e. The van der Waals surface area contributed by atoms with E-state index in [1.54, 1.807) is 23.5 Å². The number of piperazine rings is 1. The van der Waals surface area contributed by atoms with E-state index in [9.17, 15) is 8.42 Å². The molecule has 1 aromatic rings. The number of hydrogen-bond donors (Lipinski definition) is 0. The number of halogens is 1. The molecule has 120 valence electrons. The van der Waals surface area contributed by atoms with E-state index in [4.69, 9.17) is 16.3 Å². The lowest BCUT2D eigenvalue weighted by molar-refractivity contribution is 0.0496. The molecule has 2 heterocycles. The average Bonchev–Trinajstić information content (AvgIpc) is 2.85. The smallest absolute Gasteiger partial charge is 0.252 e. The molecule has 5 nitrogen and oxygen atoms in total. The van der Waals surface area contributed by atoms with Crippen LogP contribution < -0.4 is 0 Å². The topological polar surface area (TPSA) is 49.9 Å². The summed E-state index contributed by atoms with van der Waals surface area (Å²) in [5.74, 6) is 0. The Hall–Kier alpha value is -0.180. The van der Waals surface area contributed by atoms with E-state index in [0.717, 1.165) is 17.9 Å². The SMILES string of the molecule is COCCN1C(C)CN(S(=O)(=O)c2ccc(Cl)s2)CC1C. The Bertz CT molecular complexity index is 564. The lowest BCUT2D eigenvalue weighted by Crippen LogP contribution is -2.58. The molecule has 0 aliphatic carbocycles. The van der Waals surface area contributed by atoms with Gasteiger partial charge < -0.3 is 4.74 Å². The Morgan fingerprint density at radius 2 is 1.95 bits per heavy atom. The molecule has 0 N–H and O–H groups in total. The van der Waals surface area contributed by atoms with E-state index >= 15 is 0 Å². The van der Waals surface area contributed by atoms with Crippen LogP contribution in [0.4, 0.5) is 0 Å². The summed E-state index contributed by atoms with van der Waals surface area (Å²) in [6.45, 7) is 6.56. The van der Waals surface area contributed by atoms with Crippen LogP contribution in [0.3, 0.4) is 0 Å². The first-order chi connectivity index (χ1) is 9.86. The highest BCUT2D eigenvalue weighted by Gasteiger charge is 2.36. The Labute approximate surface area is 135 Å². The van der Waals surface area contributed by atoms with Gasteiger partial charge in [0.15, 0.2) is 0 Å². The molecule has 21 heavy (non-hydrogen) atoms. The van der Waals surface area contributed by atoms with Gasteiger partial charge in [0.1, 0.15) is 4.21 Å². The highest BCUT2D eigenvalue weighted by molar-refractivity contribution is 7.91. The summed E-state index contributed by atoms with van der Waals surface area (Å²) >= 11 is 6.96. The standard InChI is InChI=1S/C13H21ClN2O3S2/c1-10-8-15(9-11(2)16(10)6-7-19-3)21(17,18)13-5-4-12(14)20-13/h4-5,10-11H,6-9H2,1-3H3. The van der Waals surface area contributed by atoms with Crippen molar-refractivity contribution in [2.75, 3.05) is 33.4 Å². The number of sulfonamides is 1. The summed E-state index contributed by atoms with van der Waals surface area (Å²) in [6, 6.07) is 3.53. The third-order valence-electron chi connectivity index (χ3n) is 3.76. The van der Waals surface area contributed by atoms with Gasteiger partial charge in [-0.05, 0) is 26.0 Å². The molecule has 0 amide bonds. The summed E-state index contributed by atoms with van der Waals surface area (Å²) < 4.78 is 32.8. The third-order valence-corrected chi connectivity index (χ3v) is 7.29. The van der Waals surface area contributed by atoms with Gasteiger partial charge in [0.25, 0.3) is 10.0 Å².